The molecule has 7 heteroatoms. The van der Waals surface area contributed by atoms with E-state index >= 15 is 0 Å². The van der Waals surface area contributed by atoms with Crippen LogP contribution in [0.5, 0.6) is 5.75 Å². The Hall–Kier alpha value is -2.67. The number of ether oxygens (including phenoxy) is 1. The Morgan fingerprint density at radius 2 is 1.96 bits per heavy atom. The first kappa shape index (κ1) is 18.7. The zero-order valence-corrected chi connectivity index (χ0v) is 15.2. The fourth-order valence-corrected chi connectivity index (χ4v) is 2.25. The minimum Gasteiger partial charge on any atom is -0.495 e. The van der Waals surface area contributed by atoms with Gasteiger partial charge in [-0.1, -0.05) is 6.07 Å². The Kier molecular flexibility index (Phi) is 6.71. The number of carbonyl (C=O) groups is 1. The number of aromatic nitrogens is 2. The lowest BCUT2D eigenvalue weighted by atomic mass is 10.2. The average Bonchev–Trinajstić information content (AvgIpc) is 2.59. The summed E-state index contributed by atoms with van der Waals surface area (Å²) >= 11 is 0. The molecule has 1 aromatic carbocycles. The fourth-order valence-electron chi connectivity index (χ4n) is 2.25. The summed E-state index contributed by atoms with van der Waals surface area (Å²) in [5.74, 6) is 0.948. The molecule has 0 aliphatic heterocycles. The Morgan fingerprint density at radius 3 is 2.60 bits per heavy atom. The standard InChI is InChI=1S/C18H25N5O2/c1-13-6-7-16(25-4)15(10-13)22-18-20-11-14(12-21-18)17(24)19-8-5-9-23(2)3/h6-7,10-12H,5,8-9H2,1-4H3,(H,19,24)(H,20,21,22). The molecule has 1 heterocycles. The minimum absolute atomic E-state index is 0.168. The monoisotopic (exact) mass is 343 g/mol. The molecular weight excluding hydrogens is 318 g/mol. The van der Waals surface area contributed by atoms with Crippen LogP contribution in [-0.2, 0) is 0 Å². The summed E-state index contributed by atoms with van der Waals surface area (Å²) in [7, 11) is 5.62. The van der Waals surface area contributed by atoms with Gasteiger partial charge in [0.25, 0.3) is 5.91 Å². The van der Waals surface area contributed by atoms with Gasteiger partial charge >= 0.3 is 0 Å². The minimum atomic E-state index is -0.168. The van der Waals surface area contributed by atoms with Gasteiger partial charge in [-0.25, -0.2) is 9.97 Å². The third-order valence-electron chi connectivity index (χ3n) is 3.58. The first-order chi connectivity index (χ1) is 12.0. The van der Waals surface area contributed by atoms with Crippen LogP contribution >= 0.6 is 0 Å². The normalized spacial score (nSPS) is 10.6. The van der Waals surface area contributed by atoms with Crippen LogP contribution in [-0.4, -0.2) is 55.1 Å². The Balaban J connectivity index is 1.96. The molecule has 0 saturated heterocycles. The van der Waals surface area contributed by atoms with Gasteiger partial charge in [0.1, 0.15) is 5.75 Å². The molecule has 1 aromatic heterocycles. The molecule has 0 bridgehead atoms. The van der Waals surface area contributed by atoms with Gasteiger partial charge in [-0.3, -0.25) is 4.79 Å². The zero-order chi connectivity index (χ0) is 18.2. The lowest BCUT2D eigenvalue weighted by molar-refractivity contribution is 0.0951. The molecule has 2 rings (SSSR count). The molecule has 0 radical (unpaired) electrons. The molecule has 0 saturated carbocycles. The predicted octanol–water partition coefficient (Wildman–Crippen LogP) is 2.22. The molecule has 134 valence electrons. The molecule has 1 amide bonds. The summed E-state index contributed by atoms with van der Waals surface area (Å²) < 4.78 is 5.32. The maximum Gasteiger partial charge on any atom is 0.254 e. The van der Waals surface area contributed by atoms with Crippen molar-refractivity contribution in [3.05, 3.63) is 41.7 Å². The van der Waals surface area contributed by atoms with E-state index in [2.05, 4.69) is 25.5 Å². The number of amides is 1. The SMILES string of the molecule is COc1ccc(C)cc1Nc1ncc(C(=O)NCCCN(C)C)cn1. The number of carbonyl (C=O) groups excluding carboxylic acids is 1. The van der Waals surface area contributed by atoms with E-state index in [9.17, 15) is 4.79 Å². The molecule has 0 unspecified atom stereocenters. The smallest absolute Gasteiger partial charge is 0.254 e. The average molecular weight is 343 g/mol. The van der Waals surface area contributed by atoms with Gasteiger partial charge < -0.3 is 20.3 Å². The lowest BCUT2D eigenvalue weighted by Crippen LogP contribution is -2.27. The second kappa shape index (κ2) is 8.98. The van der Waals surface area contributed by atoms with Gasteiger partial charge in [-0.2, -0.15) is 0 Å². The van der Waals surface area contributed by atoms with Crippen LogP contribution in [0.15, 0.2) is 30.6 Å². The number of benzene rings is 1. The highest BCUT2D eigenvalue weighted by molar-refractivity contribution is 5.93. The van der Waals surface area contributed by atoms with E-state index < -0.39 is 0 Å². The van der Waals surface area contributed by atoms with Gasteiger partial charge in [0, 0.05) is 18.9 Å². The molecular formula is C18H25N5O2. The van der Waals surface area contributed by atoms with Crippen molar-refractivity contribution in [3.8, 4) is 5.75 Å². The van der Waals surface area contributed by atoms with Crippen molar-refractivity contribution in [3.63, 3.8) is 0 Å². The maximum atomic E-state index is 12.1. The van der Waals surface area contributed by atoms with E-state index in [4.69, 9.17) is 4.74 Å². The van der Waals surface area contributed by atoms with Gasteiger partial charge in [-0.15, -0.1) is 0 Å². The van der Waals surface area contributed by atoms with E-state index in [0.29, 0.717) is 23.8 Å². The van der Waals surface area contributed by atoms with Gasteiger partial charge in [0.15, 0.2) is 0 Å². The van der Waals surface area contributed by atoms with Crippen molar-refractivity contribution in [1.82, 2.24) is 20.2 Å². The molecule has 0 aliphatic carbocycles. The maximum absolute atomic E-state index is 12.1. The molecule has 0 fully saturated rings. The van der Waals surface area contributed by atoms with Crippen molar-refractivity contribution in [2.45, 2.75) is 13.3 Å². The number of hydrogen-bond acceptors (Lipinski definition) is 6. The van der Waals surface area contributed by atoms with Crippen LogP contribution < -0.4 is 15.4 Å². The van der Waals surface area contributed by atoms with Crippen molar-refractivity contribution >= 4 is 17.5 Å². The molecule has 0 spiro atoms. The fraction of sp³-hybridized carbons (Fsp3) is 0.389. The molecule has 0 atom stereocenters. The Morgan fingerprint density at radius 1 is 1.24 bits per heavy atom. The van der Waals surface area contributed by atoms with E-state index in [1.54, 1.807) is 7.11 Å². The zero-order valence-electron chi connectivity index (χ0n) is 15.2. The molecule has 2 aromatic rings. The Bertz CT molecular complexity index is 701. The summed E-state index contributed by atoms with van der Waals surface area (Å²) in [6, 6.07) is 5.80. The molecule has 25 heavy (non-hydrogen) atoms. The van der Waals surface area contributed by atoms with Crippen LogP contribution in [0.25, 0.3) is 0 Å². The van der Waals surface area contributed by atoms with Crippen molar-refractivity contribution < 1.29 is 9.53 Å². The topological polar surface area (TPSA) is 79.4 Å². The van der Waals surface area contributed by atoms with Crippen molar-refractivity contribution in [2.24, 2.45) is 0 Å². The highest BCUT2D eigenvalue weighted by Gasteiger charge is 2.09. The number of nitrogens with zero attached hydrogens (tertiary/aromatic N) is 3. The quantitative estimate of drug-likeness (QED) is 0.716. The summed E-state index contributed by atoms with van der Waals surface area (Å²) in [6.07, 6.45) is 3.92. The third kappa shape index (κ3) is 5.72. The van der Waals surface area contributed by atoms with Crippen LogP contribution in [0.2, 0.25) is 0 Å². The van der Waals surface area contributed by atoms with E-state index in [0.717, 1.165) is 24.2 Å². The summed E-state index contributed by atoms with van der Waals surface area (Å²) in [4.78, 5) is 22.6. The predicted molar refractivity (Wildman–Crippen MR) is 98.5 cm³/mol. The largest absolute Gasteiger partial charge is 0.495 e. The number of hydrogen-bond donors (Lipinski definition) is 2. The number of nitrogens with one attached hydrogen (secondary N) is 2. The second-order valence-corrected chi connectivity index (χ2v) is 6.04. The van der Waals surface area contributed by atoms with Crippen LogP contribution in [0.1, 0.15) is 22.3 Å². The molecule has 0 aliphatic rings. The summed E-state index contributed by atoms with van der Waals surface area (Å²) in [6.45, 7) is 3.55. The summed E-state index contributed by atoms with van der Waals surface area (Å²) in [5.41, 5.74) is 2.31. The first-order valence-electron chi connectivity index (χ1n) is 8.16. The number of aryl methyl sites for hydroxylation is 1. The van der Waals surface area contributed by atoms with Crippen molar-refractivity contribution in [2.75, 3.05) is 39.6 Å². The van der Waals surface area contributed by atoms with Crippen LogP contribution in [0.3, 0.4) is 0 Å². The first-order valence-corrected chi connectivity index (χ1v) is 8.16. The van der Waals surface area contributed by atoms with Gasteiger partial charge in [0.05, 0.1) is 18.4 Å². The highest BCUT2D eigenvalue weighted by atomic mass is 16.5. The molecule has 7 nitrogen and oxygen atoms in total. The second-order valence-electron chi connectivity index (χ2n) is 6.04. The Labute approximate surface area is 148 Å². The van der Waals surface area contributed by atoms with E-state index in [1.165, 1.54) is 12.4 Å². The van der Waals surface area contributed by atoms with Crippen molar-refractivity contribution in [1.29, 1.82) is 0 Å². The van der Waals surface area contributed by atoms with Gasteiger partial charge in [-0.05, 0) is 51.7 Å². The van der Waals surface area contributed by atoms with E-state index in [-0.39, 0.29) is 5.91 Å². The van der Waals surface area contributed by atoms with Gasteiger partial charge in [0.2, 0.25) is 5.95 Å². The number of rotatable bonds is 8. The number of methoxy groups -OCH3 is 1. The summed E-state index contributed by atoms with van der Waals surface area (Å²) in [5, 5.41) is 5.97. The van der Waals surface area contributed by atoms with Crippen LogP contribution in [0, 0.1) is 6.92 Å². The van der Waals surface area contributed by atoms with E-state index in [1.807, 2.05) is 39.2 Å². The number of anilines is 2. The highest BCUT2D eigenvalue weighted by Crippen LogP contribution is 2.27. The van der Waals surface area contributed by atoms with Crippen LogP contribution in [0.4, 0.5) is 11.6 Å². The third-order valence-corrected chi connectivity index (χ3v) is 3.58. The lowest BCUT2D eigenvalue weighted by Gasteiger charge is -2.11. The molecule has 2 N–H and O–H groups in total.